The first-order valence-corrected chi connectivity index (χ1v) is 10.3. The van der Waals surface area contributed by atoms with Gasteiger partial charge in [0, 0.05) is 23.1 Å². The molecule has 4 rings (SSSR count). The molecule has 0 spiro atoms. The Morgan fingerprint density at radius 2 is 2.03 bits per heavy atom. The summed E-state index contributed by atoms with van der Waals surface area (Å²) in [5.74, 6) is 6.68. The van der Waals surface area contributed by atoms with E-state index in [1.807, 2.05) is 24.3 Å². The first-order valence-electron chi connectivity index (χ1n) is 10.3. The second-order valence-corrected chi connectivity index (χ2v) is 7.51. The topological polar surface area (TPSA) is 64.4 Å². The highest BCUT2D eigenvalue weighted by molar-refractivity contribution is 5.94. The van der Waals surface area contributed by atoms with E-state index in [0.717, 1.165) is 18.4 Å². The van der Waals surface area contributed by atoms with Crippen molar-refractivity contribution in [3.8, 4) is 28.8 Å². The van der Waals surface area contributed by atoms with Crippen LogP contribution in [0, 0.1) is 23.6 Å². The van der Waals surface area contributed by atoms with Gasteiger partial charge in [0.15, 0.2) is 5.76 Å². The van der Waals surface area contributed by atoms with Crippen LogP contribution in [0.4, 0.5) is 4.39 Å². The van der Waals surface area contributed by atoms with E-state index in [2.05, 4.69) is 22.3 Å². The van der Waals surface area contributed by atoms with Crippen molar-refractivity contribution in [2.75, 3.05) is 7.11 Å². The van der Waals surface area contributed by atoms with Gasteiger partial charge in [0.25, 0.3) is 5.91 Å². The largest absolute Gasteiger partial charge is 0.496 e. The lowest BCUT2D eigenvalue weighted by Crippen LogP contribution is -2.22. The fourth-order valence-electron chi connectivity index (χ4n) is 3.66. The molecule has 158 valence electrons. The molecule has 0 radical (unpaired) electrons. The number of methoxy groups -OCH3 is 1. The molecular weight excluding hydrogens is 395 g/mol. The fraction of sp³-hybridized carbons (Fsp3) is 0.280. The molecule has 0 bridgehead atoms. The van der Waals surface area contributed by atoms with Crippen molar-refractivity contribution in [3.63, 3.8) is 0 Å². The van der Waals surface area contributed by atoms with Gasteiger partial charge in [0.2, 0.25) is 0 Å². The van der Waals surface area contributed by atoms with Gasteiger partial charge in [-0.05, 0) is 43.2 Å². The molecular formula is C25H23FN2O3. The highest BCUT2D eigenvalue weighted by atomic mass is 19.1. The van der Waals surface area contributed by atoms with Crippen molar-refractivity contribution < 1.29 is 18.4 Å². The molecule has 0 aliphatic heterocycles. The van der Waals surface area contributed by atoms with E-state index in [0.29, 0.717) is 28.7 Å². The molecule has 2 aromatic carbocycles. The highest BCUT2D eigenvalue weighted by Gasteiger charge is 2.14. The Bertz CT molecular complexity index is 1140. The molecule has 6 heteroatoms. The summed E-state index contributed by atoms with van der Waals surface area (Å²) in [6.45, 7) is 0.131. The zero-order chi connectivity index (χ0) is 21.6. The van der Waals surface area contributed by atoms with Crippen LogP contribution in [0.25, 0.3) is 11.3 Å². The maximum absolute atomic E-state index is 14.4. The van der Waals surface area contributed by atoms with Crippen molar-refractivity contribution in [3.05, 3.63) is 71.2 Å². The summed E-state index contributed by atoms with van der Waals surface area (Å²) in [5.41, 5.74) is 1.95. The summed E-state index contributed by atoms with van der Waals surface area (Å²) < 4.78 is 25.0. The molecule has 1 fully saturated rings. The minimum Gasteiger partial charge on any atom is -0.496 e. The first-order chi connectivity index (χ1) is 15.1. The lowest BCUT2D eigenvalue weighted by atomic mass is 10.1. The van der Waals surface area contributed by atoms with E-state index in [9.17, 15) is 9.18 Å². The van der Waals surface area contributed by atoms with Crippen LogP contribution < -0.4 is 10.1 Å². The number of para-hydroxylation sites is 1. The van der Waals surface area contributed by atoms with Crippen molar-refractivity contribution in [1.82, 2.24) is 10.5 Å². The standard InChI is InChI=1S/C25H23FN2O3/c1-30-24-9-5-4-8-21(24)23-15-20(31-28-23)16-27-25(29)19-13-12-18(22(26)14-19)11-10-17-6-2-3-7-17/h4-5,8-9,12-15,17H,2-3,6-7,16H2,1H3,(H,27,29). The van der Waals surface area contributed by atoms with Crippen LogP contribution in [-0.4, -0.2) is 18.2 Å². The molecule has 0 unspecified atom stereocenters. The van der Waals surface area contributed by atoms with Gasteiger partial charge in [-0.3, -0.25) is 4.79 Å². The Labute approximate surface area is 180 Å². The monoisotopic (exact) mass is 418 g/mol. The molecule has 3 aromatic rings. The van der Waals surface area contributed by atoms with Gasteiger partial charge < -0.3 is 14.6 Å². The Hall–Kier alpha value is -3.59. The number of hydrogen-bond acceptors (Lipinski definition) is 4. The summed E-state index contributed by atoms with van der Waals surface area (Å²) >= 11 is 0. The number of halogens is 1. The van der Waals surface area contributed by atoms with Crippen LogP contribution >= 0.6 is 0 Å². The number of amides is 1. The van der Waals surface area contributed by atoms with Gasteiger partial charge in [-0.25, -0.2) is 4.39 Å². The Morgan fingerprint density at radius 1 is 1.23 bits per heavy atom. The van der Waals surface area contributed by atoms with Gasteiger partial charge in [-0.1, -0.05) is 42.0 Å². The third kappa shape index (κ3) is 4.95. The van der Waals surface area contributed by atoms with Gasteiger partial charge in [-0.2, -0.15) is 0 Å². The maximum Gasteiger partial charge on any atom is 0.251 e. The van der Waals surface area contributed by atoms with E-state index in [1.54, 1.807) is 25.3 Å². The Kier molecular flexibility index (Phi) is 6.32. The number of aromatic nitrogens is 1. The summed E-state index contributed by atoms with van der Waals surface area (Å²) in [4.78, 5) is 12.4. The minimum atomic E-state index is -0.490. The van der Waals surface area contributed by atoms with Crippen molar-refractivity contribution in [2.24, 2.45) is 5.92 Å². The molecule has 1 N–H and O–H groups in total. The average molecular weight is 418 g/mol. The fourth-order valence-corrected chi connectivity index (χ4v) is 3.66. The normalized spacial score (nSPS) is 13.5. The van der Waals surface area contributed by atoms with Crippen LogP contribution in [-0.2, 0) is 6.54 Å². The van der Waals surface area contributed by atoms with Gasteiger partial charge >= 0.3 is 0 Å². The molecule has 1 saturated carbocycles. The van der Waals surface area contributed by atoms with Crippen molar-refractivity contribution in [2.45, 2.75) is 32.2 Å². The van der Waals surface area contributed by atoms with Crippen molar-refractivity contribution >= 4 is 5.91 Å². The molecule has 31 heavy (non-hydrogen) atoms. The summed E-state index contributed by atoms with van der Waals surface area (Å²) in [7, 11) is 1.59. The van der Waals surface area contributed by atoms with E-state index >= 15 is 0 Å². The smallest absolute Gasteiger partial charge is 0.251 e. The lowest BCUT2D eigenvalue weighted by molar-refractivity contribution is 0.0946. The Morgan fingerprint density at radius 3 is 2.81 bits per heavy atom. The number of benzene rings is 2. The maximum atomic E-state index is 14.4. The van der Waals surface area contributed by atoms with Gasteiger partial charge in [0.1, 0.15) is 17.3 Å². The average Bonchev–Trinajstić information content (AvgIpc) is 3.48. The van der Waals surface area contributed by atoms with E-state index in [-0.39, 0.29) is 12.1 Å². The van der Waals surface area contributed by atoms with Crippen LogP contribution in [0.3, 0.4) is 0 Å². The predicted molar refractivity (Wildman–Crippen MR) is 115 cm³/mol. The third-order valence-corrected chi connectivity index (χ3v) is 5.36. The number of ether oxygens (including phenoxy) is 1. The Balaban J connectivity index is 1.39. The van der Waals surface area contributed by atoms with Crippen LogP contribution in [0.2, 0.25) is 0 Å². The molecule has 0 saturated heterocycles. The third-order valence-electron chi connectivity index (χ3n) is 5.36. The van der Waals surface area contributed by atoms with Gasteiger partial charge in [-0.15, -0.1) is 0 Å². The lowest BCUT2D eigenvalue weighted by Gasteiger charge is -2.04. The second-order valence-electron chi connectivity index (χ2n) is 7.51. The summed E-state index contributed by atoms with van der Waals surface area (Å²) in [5, 5.41) is 6.77. The molecule has 1 aromatic heterocycles. The quantitative estimate of drug-likeness (QED) is 0.595. The number of nitrogens with one attached hydrogen (secondary N) is 1. The predicted octanol–water partition coefficient (Wildman–Crippen LogP) is 4.96. The zero-order valence-electron chi connectivity index (χ0n) is 17.3. The van der Waals surface area contributed by atoms with E-state index in [4.69, 9.17) is 9.26 Å². The van der Waals surface area contributed by atoms with Crippen molar-refractivity contribution in [1.29, 1.82) is 0 Å². The first kappa shape index (κ1) is 20.7. The number of rotatable bonds is 5. The highest BCUT2D eigenvalue weighted by Crippen LogP contribution is 2.29. The SMILES string of the molecule is COc1ccccc1-c1cc(CNC(=O)c2ccc(C#CC3CCCC3)c(F)c2)on1. The second kappa shape index (κ2) is 9.48. The summed E-state index contributed by atoms with van der Waals surface area (Å²) in [6, 6.07) is 13.5. The molecule has 1 aliphatic carbocycles. The molecule has 0 atom stereocenters. The number of carbonyl (C=O) groups is 1. The minimum absolute atomic E-state index is 0.131. The van der Waals surface area contributed by atoms with E-state index < -0.39 is 11.7 Å². The van der Waals surface area contributed by atoms with Crippen LogP contribution in [0.1, 0.15) is 47.4 Å². The number of carbonyl (C=O) groups excluding carboxylic acids is 1. The number of hydrogen-bond donors (Lipinski definition) is 1. The molecule has 1 heterocycles. The van der Waals surface area contributed by atoms with Crippen LogP contribution in [0.5, 0.6) is 5.75 Å². The summed E-state index contributed by atoms with van der Waals surface area (Å²) in [6.07, 6.45) is 4.53. The van der Waals surface area contributed by atoms with Crippen LogP contribution in [0.15, 0.2) is 53.1 Å². The number of nitrogens with zero attached hydrogens (tertiary/aromatic N) is 1. The molecule has 1 aliphatic rings. The van der Waals surface area contributed by atoms with Gasteiger partial charge in [0.05, 0.1) is 19.2 Å². The molecule has 1 amide bonds. The van der Waals surface area contributed by atoms with E-state index in [1.165, 1.54) is 18.9 Å². The zero-order valence-corrected chi connectivity index (χ0v) is 17.3. The molecule has 5 nitrogen and oxygen atoms in total.